The molecule has 2 rings (SSSR count). The first-order valence-electron chi connectivity index (χ1n) is 5.71. The molecule has 6 heteroatoms. The van der Waals surface area contributed by atoms with E-state index in [4.69, 9.17) is 11.6 Å². The predicted octanol–water partition coefficient (Wildman–Crippen LogP) is 4.60. The molecule has 0 aliphatic heterocycles. The summed E-state index contributed by atoms with van der Waals surface area (Å²) >= 11 is 7.36. The zero-order valence-corrected chi connectivity index (χ0v) is 12.1. The van der Waals surface area contributed by atoms with Gasteiger partial charge in [0.2, 0.25) is 0 Å². The van der Waals surface area contributed by atoms with E-state index in [0.717, 1.165) is 4.90 Å². The highest BCUT2D eigenvalue weighted by molar-refractivity contribution is 7.99. The van der Waals surface area contributed by atoms with Crippen molar-refractivity contribution in [2.45, 2.75) is 16.7 Å². The van der Waals surface area contributed by atoms with Crippen molar-refractivity contribution in [2.24, 2.45) is 0 Å². The van der Waals surface area contributed by atoms with Crippen molar-refractivity contribution in [3.63, 3.8) is 0 Å². The average molecular weight is 308 g/mol. The molecule has 0 N–H and O–H groups in total. The van der Waals surface area contributed by atoms with Gasteiger partial charge in [0.15, 0.2) is 5.78 Å². The lowest BCUT2D eigenvalue weighted by atomic mass is 10.1. The Labute approximate surface area is 124 Å². The molecular formula is C14H10ClNO3S. The first-order valence-corrected chi connectivity index (χ1v) is 6.90. The summed E-state index contributed by atoms with van der Waals surface area (Å²) in [6.07, 6.45) is 0. The average Bonchev–Trinajstić information content (AvgIpc) is 2.41. The van der Waals surface area contributed by atoms with E-state index in [1.54, 1.807) is 18.2 Å². The van der Waals surface area contributed by atoms with E-state index in [-0.39, 0.29) is 11.5 Å². The fourth-order valence-electron chi connectivity index (χ4n) is 1.65. The maximum Gasteiger partial charge on any atom is 0.270 e. The molecule has 0 unspecified atom stereocenters. The van der Waals surface area contributed by atoms with Gasteiger partial charge in [-0.3, -0.25) is 14.9 Å². The highest BCUT2D eigenvalue weighted by atomic mass is 35.5. The van der Waals surface area contributed by atoms with E-state index >= 15 is 0 Å². The van der Waals surface area contributed by atoms with E-state index in [1.807, 2.05) is 12.1 Å². The van der Waals surface area contributed by atoms with Crippen LogP contribution in [0.2, 0.25) is 5.02 Å². The van der Waals surface area contributed by atoms with Crippen LogP contribution in [0.4, 0.5) is 5.69 Å². The normalized spacial score (nSPS) is 10.3. The van der Waals surface area contributed by atoms with Gasteiger partial charge in [-0.25, -0.2) is 0 Å². The van der Waals surface area contributed by atoms with Gasteiger partial charge in [0, 0.05) is 27.5 Å². The van der Waals surface area contributed by atoms with E-state index in [9.17, 15) is 14.9 Å². The van der Waals surface area contributed by atoms with Crippen molar-refractivity contribution in [1.29, 1.82) is 0 Å². The van der Waals surface area contributed by atoms with Crippen LogP contribution in [0.15, 0.2) is 52.3 Å². The second-order valence-electron chi connectivity index (χ2n) is 4.03. The largest absolute Gasteiger partial charge is 0.294 e. The monoisotopic (exact) mass is 307 g/mol. The second-order valence-corrected chi connectivity index (χ2v) is 5.52. The Balaban J connectivity index is 2.36. The summed E-state index contributed by atoms with van der Waals surface area (Å²) in [5, 5.41) is 11.0. The maximum atomic E-state index is 11.5. The van der Waals surface area contributed by atoms with Crippen molar-refractivity contribution >= 4 is 34.8 Å². The lowest BCUT2D eigenvalue weighted by Gasteiger charge is -2.07. The molecule has 0 aromatic heterocycles. The SMILES string of the molecule is CC(=O)c1ccccc1Sc1ccc([N+](=O)[O-])cc1Cl. The zero-order chi connectivity index (χ0) is 14.7. The fourth-order valence-corrected chi connectivity index (χ4v) is 2.94. The van der Waals surface area contributed by atoms with Gasteiger partial charge < -0.3 is 0 Å². The highest BCUT2D eigenvalue weighted by Crippen LogP contribution is 2.36. The van der Waals surface area contributed by atoms with Gasteiger partial charge in [0.05, 0.1) is 9.95 Å². The zero-order valence-electron chi connectivity index (χ0n) is 10.5. The smallest absolute Gasteiger partial charge is 0.270 e. The number of carbonyl (C=O) groups is 1. The summed E-state index contributed by atoms with van der Waals surface area (Å²) in [4.78, 5) is 23.2. The van der Waals surface area contributed by atoms with Crippen LogP contribution in [0, 0.1) is 10.1 Å². The molecule has 0 aliphatic rings. The number of carbonyl (C=O) groups excluding carboxylic acids is 1. The van der Waals surface area contributed by atoms with Crippen molar-refractivity contribution in [3.8, 4) is 0 Å². The third-order valence-electron chi connectivity index (χ3n) is 2.61. The van der Waals surface area contributed by atoms with E-state index in [2.05, 4.69) is 0 Å². The number of nitrogens with zero attached hydrogens (tertiary/aromatic N) is 1. The topological polar surface area (TPSA) is 60.2 Å². The fraction of sp³-hybridized carbons (Fsp3) is 0.0714. The first kappa shape index (κ1) is 14.6. The van der Waals surface area contributed by atoms with E-state index in [1.165, 1.54) is 30.8 Å². The molecule has 20 heavy (non-hydrogen) atoms. The highest BCUT2D eigenvalue weighted by Gasteiger charge is 2.13. The molecule has 0 fully saturated rings. The van der Waals surface area contributed by atoms with Crippen LogP contribution < -0.4 is 0 Å². The van der Waals surface area contributed by atoms with Crippen LogP contribution in [0.3, 0.4) is 0 Å². The molecule has 0 saturated heterocycles. The van der Waals surface area contributed by atoms with Crippen LogP contribution in [0.5, 0.6) is 0 Å². The summed E-state index contributed by atoms with van der Waals surface area (Å²) in [6.45, 7) is 1.50. The van der Waals surface area contributed by atoms with Gasteiger partial charge in [-0.2, -0.15) is 0 Å². The first-order chi connectivity index (χ1) is 9.49. The van der Waals surface area contributed by atoms with Gasteiger partial charge in [-0.1, -0.05) is 41.6 Å². The third-order valence-corrected chi connectivity index (χ3v) is 4.19. The number of benzene rings is 2. The molecule has 2 aromatic carbocycles. The molecule has 102 valence electrons. The molecule has 0 heterocycles. The molecule has 0 saturated carbocycles. The third kappa shape index (κ3) is 3.18. The minimum Gasteiger partial charge on any atom is -0.294 e. The summed E-state index contributed by atoms with van der Waals surface area (Å²) in [7, 11) is 0. The lowest BCUT2D eigenvalue weighted by molar-refractivity contribution is -0.384. The molecule has 0 radical (unpaired) electrons. The number of halogens is 1. The number of nitro groups is 1. The van der Waals surface area contributed by atoms with Gasteiger partial charge >= 0.3 is 0 Å². The summed E-state index contributed by atoms with van der Waals surface area (Å²) in [5.41, 5.74) is 0.547. The summed E-state index contributed by atoms with van der Waals surface area (Å²) < 4.78 is 0. The number of hydrogen-bond acceptors (Lipinski definition) is 4. The predicted molar refractivity (Wildman–Crippen MR) is 78.7 cm³/mol. The molecule has 4 nitrogen and oxygen atoms in total. The van der Waals surface area contributed by atoms with Crippen LogP contribution in [-0.4, -0.2) is 10.7 Å². The van der Waals surface area contributed by atoms with E-state index in [0.29, 0.717) is 15.5 Å². The number of hydrogen-bond donors (Lipinski definition) is 0. The standard InChI is InChI=1S/C14H10ClNO3S/c1-9(17)11-4-2-3-5-13(11)20-14-7-6-10(16(18)19)8-12(14)15/h2-8H,1H3. The summed E-state index contributed by atoms with van der Waals surface area (Å²) in [6, 6.07) is 11.5. The minimum absolute atomic E-state index is 0.0360. The molecule has 0 aliphatic carbocycles. The molecule has 0 bridgehead atoms. The Morgan fingerprint density at radius 2 is 1.90 bits per heavy atom. The van der Waals surface area contributed by atoms with Crippen molar-refractivity contribution in [3.05, 3.63) is 63.2 Å². The van der Waals surface area contributed by atoms with Crippen LogP contribution in [0.1, 0.15) is 17.3 Å². The van der Waals surface area contributed by atoms with Crippen LogP contribution >= 0.6 is 23.4 Å². The van der Waals surface area contributed by atoms with E-state index < -0.39 is 4.92 Å². The maximum absolute atomic E-state index is 11.5. The van der Waals surface area contributed by atoms with Crippen molar-refractivity contribution in [1.82, 2.24) is 0 Å². The number of rotatable bonds is 4. The Kier molecular flexibility index (Phi) is 4.42. The molecular weight excluding hydrogens is 298 g/mol. The van der Waals surface area contributed by atoms with Gasteiger partial charge in [-0.05, 0) is 19.1 Å². The number of non-ortho nitro benzene ring substituents is 1. The van der Waals surface area contributed by atoms with Gasteiger partial charge in [0.1, 0.15) is 0 Å². The Morgan fingerprint density at radius 3 is 2.50 bits per heavy atom. The Bertz CT molecular complexity index is 688. The van der Waals surface area contributed by atoms with Crippen molar-refractivity contribution < 1.29 is 9.72 Å². The number of ketones is 1. The Morgan fingerprint density at radius 1 is 1.20 bits per heavy atom. The second kappa shape index (κ2) is 6.07. The molecule has 2 aromatic rings. The van der Waals surface area contributed by atoms with Gasteiger partial charge in [-0.15, -0.1) is 0 Å². The minimum atomic E-state index is -0.496. The number of Topliss-reactive ketones (excluding diaryl/α,β-unsaturated/α-hetero) is 1. The van der Waals surface area contributed by atoms with Crippen LogP contribution in [-0.2, 0) is 0 Å². The molecule has 0 spiro atoms. The summed E-state index contributed by atoms with van der Waals surface area (Å²) in [5.74, 6) is -0.0360. The van der Waals surface area contributed by atoms with Crippen LogP contribution in [0.25, 0.3) is 0 Å². The number of nitro benzene ring substituents is 1. The van der Waals surface area contributed by atoms with Crippen molar-refractivity contribution in [2.75, 3.05) is 0 Å². The molecule has 0 atom stereocenters. The molecule has 0 amide bonds. The Hall–Kier alpha value is -1.85. The lowest BCUT2D eigenvalue weighted by Crippen LogP contribution is -1.94. The van der Waals surface area contributed by atoms with Gasteiger partial charge in [0.25, 0.3) is 5.69 Å². The quantitative estimate of drug-likeness (QED) is 0.470.